The minimum absolute atomic E-state index is 0.0894. The monoisotopic (exact) mass is 279 g/mol. The molecule has 0 aliphatic heterocycles. The third-order valence-corrected chi connectivity index (χ3v) is 2.96. The highest BCUT2D eigenvalue weighted by Gasteiger charge is 2.18. The zero-order valence-corrected chi connectivity index (χ0v) is 11.9. The van der Waals surface area contributed by atoms with Gasteiger partial charge in [0.15, 0.2) is 12.9 Å². The van der Waals surface area contributed by atoms with Crippen LogP contribution in [0.3, 0.4) is 0 Å². The van der Waals surface area contributed by atoms with E-state index in [1.165, 1.54) is 0 Å². The number of hydrogen-bond donors (Lipinski definition) is 2. The van der Waals surface area contributed by atoms with Gasteiger partial charge < -0.3 is 15.2 Å². The van der Waals surface area contributed by atoms with Crippen LogP contribution in [0.5, 0.6) is 5.75 Å². The van der Waals surface area contributed by atoms with Crippen molar-refractivity contribution in [2.45, 2.75) is 20.3 Å². The molecular weight excluding hydrogens is 258 g/mol. The molecule has 110 valence electrons. The van der Waals surface area contributed by atoms with Crippen molar-refractivity contribution in [3.8, 4) is 5.75 Å². The molecule has 2 N–H and O–H groups in total. The summed E-state index contributed by atoms with van der Waals surface area (Å²) >= 11 is 0. The predicted molar refractivity (Wildman–Crippen MR) is 75.8 cm³/mol. The van der Waals surface area contributed by atoms with E-state index in [0.29, 0.717) is 30.6 Å². The normalized spacial score (nSPS) is 10.9. The average molecular weight is 279 g/mol. The van der Waals surface area contributed by atoms with Gasteiger partial charge in [-0.3, -0.25) is 9.59 Å². The van der Waals surface area contributed by atoms with Crippen LogP contribution in [0, 0.1) is 5.41 Å². The van der Waals surface area contributed by atoms with Crippen LogP contribution in [0.4, 0.5) is 0 Å². The number of carbonyl (C=O) groups is 2. The molecule has 0 saturated carbocycles. The van der Waals surface area contributed by atoms with Gasteiger partial charge in [-0.1, -0.05) is 26.0 Å². The summed E-state index contributed by atoms with van der Waals surface area (Å²) in [5, 5.41) is 11.7. The fraction of sp³-hybridized carbons (Fsp3) is 0.467. The summed E-state index contributed by atoms with van der Waals surface area (Å²) in [5.74, 6) is 0.143. The Kier molecular flexibility index (Phi) is 6.18. The van der Waals surface area contributed by atoms with Gasteiger partial charge in [-0.15, -0.1) is 0 Å². The Hall–Kier alpha value is -1.88. The predicted octanol–water partition coefficient (Wildman–Crippen LogP) is 1.40. The first-order valence-corrected chi connectivity index (χ1v) is 6.53. The number of rotatable bonds is 8. The lowest BCUT2D eigenvalue weighted by atomic mass is 9.90. The highest BCUT2D eigenvalue weighted by Crippen LogP contribution is 2.18. The standard InChI is InChI=1S/C15H21NO4/c1-15(2,7-8-17)11-16-14(19)10-20-13-6-4-3-5-12(13)9-18/h3-6,9,17H,7-8,10-11H2,1-2H3,(H,16,19). The van der Waals surface area contributed by atoms with E-state index in [-0.39, 0.29) is 24.5 Å². The average Bonchev–Trinajstić information content (AvgIpc) is 2.43. The van der Waals surface area contributed by atoms with Gasteiger partial charge in [0.25, 0.3) is 5.91 Å². The molecule has 0 unspecified atom stereocenters. The van der Waals surface area contributed by atoms with E-state index < -0.39 is 0 Å². The van der Waals surface area contributed by atoms with Crippen molar-refractivity contribution in [3.05, 3.63) is 29.8 Å². The van der Waals surface area contributed by atoms with Crippen LogP contribution >= 0.6 is 0 Å². The number of amides is 1. The fourth-order valence-electron chi connectivity index (χ4n) is 1.63. The largest absolute Gasteiger partial charge is 0.483 e. The SMILES string of the molecule is CC(C)(CCO)CNC(=O)COc1ccccc1C=O. The van der Waals surface area contributed by atoms with Crippen molar-refractivity contribution >= 4 is 12.2 Å². The Morgan fingerprint density at radius 2 is 2.10 bits per heavy atom. The van der Waals surface area contributed by atoms with Gasteiger partial charge in [0.05, 0.1) is 5.56 Å². The van der Waals surface area contributed by atoms with Gasteiger partial charge in [0.2, 0.25) is 0 Å². The number of aliphatic hydroxyl groups is 1. The maximum absolute atomic E-state index is 11.7. The number of aliphatic hydroxyl groups excluding tert-OH is 1. The topological polar surface area (TPSA) is 75.6 Å². The number of nitrogens with one attached hydrogen (secondary N) is 1. The van der Waals surface area contributed by atoms with E-state index >= 15 is 0 Å². The quantitative estimate of drug-likeness (QED) is 0.705. The highest BCUT2D eigenvalue weighted by atomic mass is 16.5. The zero-order chi connectivity index (χ0) is 15.0. The van der Waals surface area contributed by atoms with Crippen molar-refractivity contribution in [2.24, 2.45) is 5.41 Å². The van der Waals surface area contributed by atoms with Crippen LogP contribution in [-0.2, 0) is 4.79 Å². The molecule has 0 bridgehead atoms. The number of ether oxygens (including phenoxy) is 1. The molecule has 0 atom stereocenters. The number of carbonyl (C=O) groups excluding carboxylic acids is 2. The first-order chi connectivity index (χ1) is 9.48. The summed E-state index contributed by atoms with van der Waals surface area (Å²) in [6.07, 6.45) is 1.31. The van der Waals surface area contributed by atoms with Gasteiger partial charge in [-0.05, 0) is 24.0 Å². The second-order valence-corrected chi connectivity index (χ2v) is 5.36. The van der Waals surface area contributed by atoms with E-state index in [9.17, 15) is 9.59 Å². The minimum atomic E-state index is -0.253. The van der Waals surface area contributed by atoms with Gasteiger partial charge in [0.1, 0.15) is 5.75 Å². The molecule has 0 fully saturated rings. The fourth-order valence-corrected chi connectivity index (χ4v) is 1.63. The van der Waals surface area contributed by atoms with Crippen molar-refractivity contribution in [1.82, 2.24) is 5.32 Å². The van der Waals surface area contributed by atoms with Crippen LogP contribution in [0.15, 0.2) is 24.3 Å². The molecule has 20 heavy (non-hydrogen) atoms. The Morgan fingerprint density at radius 3 is 2.75 bits per heavy atom. The number of benzene rings is 1. The summed E-state index contributed by atoms with van der Waals surface area (Å²) in [5.41, 5.74) is 0.256. The molecule has 5 heteroatoms. The number of para-hydroxylation sites is 1. The molecule has 1 amide bonds. The summed E-state index contributed by atoms with van der Waals surface area (Å²) in [6.45, 7) is 4.34. The van der Waals surface area contributed by atoms with Gasteiger partial charge in [-0.2, -0.15) is 0 Å². The zero-order valence-electron chi connectivity index (χ0n) is 11.9. The van der Waals surface area contributed by atoms with Crippen LogP contribution < -0.4 is 10.1 Å². The van der Waals surface area contributed by atoms with Gasteiger partial charge >= 0.3 is 0 Å². The molecule has 1 aromatic rings. The van der Waals surface area contributed by atoms with E-state index in [1.807, 2.05) is 13.8 Å². The Bertz CT molecular complexity index is 457. The molecular formula is C15H21NO4. The molecule has 0 saturated heterocycles. The molecule has 0 heterocycles. The van der Waals surface area contributed by atoms with E-state index in [2.05, 4.69) is 5.32 Å². The Morgan fingerprint density at radius 1 is 1.40 bits per heavy atom. The number of hydrogen-bond acceptors (Lipinski definition) is 4. The first kappa shape index (κ1) is 16.2. The van der Waals surface area contributed by atoms with Crippen LogP contribution in [0.25, 0.3) is 0 Å². The van der Waals surface area contributed by atoms with Gasteiger partial charge in [0, 0.05) is 13.2 Å². The molecule has 0 aromatic heterocycles. The van der Waals surface area contributed by atoms with Crippen LogP contribution in [-0.4, -0.2) is 37.1 Å². The van der Waals surface area contributed by atoms with Gasteiger partial charge in [-0.25, -0.2) is 0 Å². The van der Waals surface area contributed by atoms with Crippen LogP contribution in [0.1, 0.15) is 30.6 Å². The van der Waals surface area contributed by atoms with Crippen molar-refractivity contribution in [1.29, 1.82) is 0 Å². The lowest BCUT2D eigenvalue weighted by Crippen LogP contribution is -2.37. The number of aldehydes is 1. The molecule has 1 aromatic carbocycles. The third-order valence-electron chi connectivity index (χ3n) is 2.96. The maximum atomic E-state index is 11.7. The second-order valence-electron chi connectivity index (χ2n) is 5.36. The van der Waals surface area contributed by atoms with Crippen molar-refractivity contribution in [3.63, 3.8) is 0 Å². The summed E-state index contributed by atoms with van der Waals surface area (Å²) in [7, 11) is 0. The Balaban J connectivity index is 2.42. The lowest BCUT2D eigenvalue weighted by Gasteiger charge is -2.23. The molecule has 1 rings (SSSR count). The lowest BCUT2D eigenvalue weighted by molar-refractivity contribution is -0.123. The van der Waals surface area contributed by atoms with E-state index in [1.54, 1.807) is 24.3 Å². The third kappa shape index (κ3) is 5.40. The molecule has 5 nitrogen and oxygen atoms in total. The molecule has 0 spiro atoms. The second kappa shape index (κ2) is 7.65. The van der Waals surface area contributed by atoms with E-state index in [4.69, 9.17) is 9.84 Å². The highest BCUT2D eigenvalue weighted by molar-refractivity contribution is 5.80. The van der Waals surface area contributed by atoms with Crippen LogP contribution in [0.2, 0.25) is 0 Å². The van der Waals surface area contributed by atoms with Crippen molar-refractivity contribution in [2.75, 3.05) is 19.8 Å². The molecule has 0 radical (unpaired) electrons. The molecule has 0 aliphatic rings. The summed E-state index contributed by atoms with van der Waals surface area (Å²) < 4.78 is 5.32. The maximum Gasteiger partial charge on any atom is 0.257 e. The van der Waals surface area contributed by atoms with Crippen molar-refractivity contribution < 1.29 is 19.4 Å². The smallest absolute Gasteiger partial charge is 0.257 e. The summed E-state index contributed by atoms with van der Waals surface area (Å²) in [6, 6.07) is 6.75. The Labute approximate surface area is 118 Å². The molecule has 0 aliphatic carbocycles. The summed E-state index contributed by atoms with van der Waals surface area (Å²) in [4.78, 5) is 22.5. The minimum Gasteiger partial charge on any atom is -0.483 e. The van der Waals surface area contributed by atoms with E-state index in [0.717, 1.165) is 0 Å². The first-order valence-electron chi connectivity index (χ1n) is 6.53.